The summed E-state index contributed by atoms with van der Waals surface area (Å²) in [6, 6.07) is 8.22. The highest BCUT2D eigenvalue weighted by molar-refractivity contribution is 5.28. The van der Waals surface area contributed by atoms with Crippen molar-refractivity contribution in [3.63, 3.8) is 0 Å². The van der Waals surface area contributed by atoms with Gasteiger partial charge in [0, 0.05) is 24.4 Å². The molecule has 2 aromatic rings. The van der Waals surface area contributed by atoms with Crippen LogP contribution in [-0.4, -0.2) is 16.7 Å². The number of hydrogen-bond acceptors (Lipinski definition) is 2. The van der Waals surface area contributed by atoms with Crippen LogP contribution in [0, 0.1) is 0 Å². The monoisotopic (exact) mass is 228 g/mol. The summed E-state index contributed by atoms with van der Waals surface area (Å²) in [7, 11) is 1.69. The third kappa shape index (κ3) is 2.18. The highest BCUT2D eigenvalue weighted by Crippen LogP contribution is 2.39. The molecular weight excluding hydrogens is 212 g/mol. The van der Waals surface area contributed by atoms with Crippen LogP contribution in [-0.2, 0) is 6.54 Å². The van der Waals surface area contributed by atoms with Gasteiger partial charge >= 0.3 is 0 Å². The molecular formula is C14H16N2O. The number of rotatable bonds is 4. The number of imidazole rings is 1. The average molecular weight is 228 g/mol. The summed E-state index contributed by atoms with van der Waals surface area (Å²) in [4.78, 5) is 4.25. The van der Waals surface area contributed by atoms with E-state index in [0.717, 1.165) is 18.2 Å². The predicted molar refractivity (Wildman–Crippen MR) is 66.3 cm³/mol. The lowest BCUT2D eigenvalue weighted by Gasteiger charge is -2.08. The van der Waals surface area contributed by atoms with E-state index in [9.17, 15) is 0 Å². The zero-order chi connectivity index (χ0) is 11.7. The van der Waals surface area contributed by atoms with Gasteiger partial charge < -0.3 is 9.30 Å². The van der Waals surface area contributed by atoms with Gasteiger partial charge in [-0.1, -0.05) is 12.1 Å². The van der Waals surface area contributed by atoms with E-state index < -0.39 is 0 Å². The second kappa shape index (κ2) is 4.24. The van der Waals surface area contributed by atoms with Crippen molar-refractivity contribution in [2.45, 2.75) is 25.3 Å². The van der Waals surface area contributed by atoms with Crippen molar-refractivity contribution in [2.75, 3.05) is 7.11 Å². The third-order valence-corrected chi connectivity index (χ3v) is 3.25. The molecule has 1 aliphatic carbocycles. The molecule has 0 bridgehead atoms. The third-order valence-electron chi connectivity index (χ3n) is 3.25. The van der Waals surface area contributed by atoms with Gasteiger partial charge in [-0.05, 0) is 30.5 Å². The van der Waals surface area contributed by atoms with Crippen molar-refractivity contribution < 1.29 is 4.74 Å². The normalized spacial score (nSPS) is 14.9. The van der Waals surface area contributed by atoms with E-state index in [1.807, 2.05) is 24.7 Å². The molecule has 3 rings (SSSR count). The number of hydrogen-bond donors (Lipinski definition) is 0. The lowest BCUT2D eigenvalue weighted by Crippen LogP contribution is -2.02. The summed E-state index contributed by atoms with van der Waals surface area (Å²) in [6.07, 6.45) is 6.56. The molecule has 0 unspecified atom stereocenters. The van der Waals surface area contributed by atoms with Crippen LogP contribution in [0.15, 0.2) is 36.8 Å². The Hall–Kier alpha value is -1.77. The molecule has 0 radical (unpaired) electrons. The minimum Gasteiger partial charge on any atom is -0.497 e. The lowest BCUT2D eigenvalue weighted by molar-refractivity contribution is 0.414. The van der Waals surface area contributed by atoms with Crippen LogP contribution in [0.5, 0.6) is 5.75 Å². The number of ether oxygens (including phenoxy) is 1. The Morgan fingerprint density at radius 1 is 1.29 bits per heavy atom. The predicted octanol–water partition coefficient (Wildman–Crippen LogP) is 2.82. The molecule has 17 heavy (non-hydrogen) atoms. The fourth-order valence-corrected chi connectivity index (χ4v) is 2.11. The summed E-state index contributed by atoms with van der Waals surface area (Å²) in [5.74, 6) is 1.65. The molecule has 1 aromatic heterocycles. The molecule has 1 heterocycles. The van der Waals surface area contributed by atoms with Crippen LogP contribution in [0.4, 0.5) is 0 Å². The van der Waals surface area contributed by atoms with E-state index in [1.54, 1.807) is 7.11 Å². The van der Waals surface area contributed by atoms with Crippen molar-refractivity contribution in [1.29, 1.82) is 0 Å². The van der Waals surface area contributed by atoms with Gasteiger partial charge in [-0.3, -0.25) is 0 Å². The number of benzene rings is 1. The van der Waals surface area contributed by atoms with Crippen LogP contribution >= 0.6 is 0 Å². The number of nitrogens with zero attached hydrogens (tertiary/aromatic N) is 2. The molecule has 3 heteroatoms. The Kier molecular flexibility index (Phi) is 2.59. The van der Waals surface area contributed by atoms with Gasteiger partial charge in [-0.15, -0.1) is 0 Å². The lowest BCUT2D eigenvalue weighted by atomic mass is 10.2. The Morgan fingerprint density at radius 2 is 2.06 bits per heavy atom. The van der Waals surface area contributed by atoms with E-state index in [2.05, 4.69) is 21.7 Å². The van der Waals surface area contributed by atoms with Crippen molar-refractivity contribution in [3.05, 3.63) is 48.0 Å². The largest absolute Gasteiger partial charge is 0.497 e. The van der Waals surface area contributed by atoms with E-state index in [0.29, 0.717) is 0 Å². The van der Waals surface area contributed by atoms with Crippen molar-refractivity contribution in [1.82, 2.24) is 9.55 Å². The van der Waals surface area contributed by atoms with E-state index in [-0.39, 0.29) is 0 Å². The molecule has 0 amide bonds. The number of methoxy groups -OCH3 is 1. The van der Waals surface area contributed by atoms with Crippen LogP contribution in [0.2, 0.25) is 0 Å². The quantitative estimate of drug-likeness (QED) is 0.804. The SMILES string of the molecule is COc1ccc(Cn2cncc2C2CC2)cc1. The standard InChI is InChI=1S/C14H16N2O/c1-17-13-6-2-11(3-7-13)9-16-10-15-8-14(16)12-4-5-12/h2-3,6-8,10,12H,4-5,9H2,1H3. The maximum Gasteiger partial charge on any atom is 0.118 e. The molecule has 1 aliphatic rings. The number of aromatic nitrogens is 2. The molecule has 1 aromatic carbocycles. The molecule has 88 valence electrons. The van der Waals surface area contributed by atoms with E-state index in [4.69, 9.17) is 4.74 Å². The van der Waals surface area contributed by atoms with Crippen molar-refractivity contribution >= 4 is 0 Å². The first-order valence-electron chi connectivity index (χ1n) is 6.00. The highest BCUT2D eigenvalue weighted by Gasteiger charge is 2.26. The Labute approximate surface area is 101 Å². The Morgan fingerprint density at radius 3 is 2.71 bits per heavy atom. The summed E-state index contributed by atoms with van der Waals surface area (Å²) in [5.41, 5.74) is 2.66. The maximum absolute atomic E-state index is 5.16. The summed E-state index contributed by atoms with van der Waals surface area (Å²) in [5, 5.41) is 0. The topological polar surface area (TPSA) is 27.1 Å². The second-order valence-corrected chi connectivity index (χ2v) is 4.57. The molecule has 0 spiro atoms. The summed E-state index contributed by atoms with van der Waals surface area (Å²) < 4.78 is 7.41. The van der Waals surface area contributed by atoms with Crippen molar-refractivity contribution in [3.8, 4) is 5.75 Å². The Bertz CT molecular complexity index is 497. The molecule has 0 aliphatic heterocycles. The van der Waals surface area contributed by atoms with Gasteiger partial charge in [0.1, 0.15) is 5.75 Å². The highest BCUT2D eigenvalue weighted by atomic mass is 16.5. The molecule has 0 atom stereocenters. The fraction of sp³-hybridized carbons (Fsp3) is 0.357. The van der Waals surface area contributed by atoms with E-state index in [1.165, 1.54) is 24.1 Å². The van der Waals surface area contributed by atoms with Crippen LogP contribution < -0.4 is 4.74 Å². The van der Waals surface area contributed by atoms with Crippen LogP contribution in [0.25, 0.3) is 0 Å². The minimum atomic E-state index is 0.746. The zero-order valence-electron chi connectivity index (χ0n) is 9.97. The van der Waals surface area contributed by atoms with Gasteiger partial charge in [-0.2, -0.15) is 0 Å². The smallest absolute Gasteiger partial charge is 0.118 e. The first-order chi connectivity index (χ1) is 8.36. The molecule has 3 nitrogen and oxygen atoms in total. The van der Waals surface area contributed by atoms with Gasteiger partial charge in [0.2, 0.25) is 0 Å². The first kappa shape index (κ1) is 10.4. The molecule has 1 fully saturated rings. The zero-order valence-corrected chi connectivity index (χ0v) is 9.97. The second-order valence-electron chi connectivity index (χ2n) is 4.57. The Balaban J connectivity index is 1.78. The maximum atomic E-state index is 5.16. The minimum absolute atomic E-state index is 0.746. The molecule has 1 saturated carbocycles. The average Bonchev–Trinajstić information content (AvgIpc) is 3.11. The summed E-state index contributed by atoms with van der Waals surface area (Å²) in [6.45, 7) is 0.899. The molecule has 0 saturated heterocycles. The molecule has 0 N–H and O–H groups in total. The van der Waals surface area contributed by atoms with Gasteiger partial charge in [0.15, 0.2) is 0 Å². The fourth-order valence-electron chi connectivity index (χ4n) is 2.11. The van der Waals surface area contributed by atoms with Gasteiger partial charge in [0.05, 0.1) is 13.4 Å². The summed E-state index contributed by atoms with van der Waals surface area (Å²) >= 11 is 0. The first-order valence-corrected chi connectivity index (χ1v) is 6.00. The van der Waals surface area contributed by atoms with Gasteiger partial charge in [-0.25, -0.2) is 4.98 Å². The van der Waals surface area contributed by atoms with Gasteiger partial charge in [0.25, 0.3) is 0 Å². The van der Waals surface area contributed by atoms with E-state index >= 15 is 0 Å². The van der Waals surface area contributed by atoms with Crippen LogP contribution in [0.1, 0.15) is 30.0 Å². The van der Waals surface area contributed by atoms with Crippen LogP contribution in [0.3, 0.4) is 0 Å². The van der Waals surface area contributed by atoms with Crippen molar-refractivity contribution in [2.24, 2.45) is 0 Å².